The first-order valence-electron chi connectivity index (χ1n) is 7.74. The maximum absolute atomic E-state index is 12.5. The van der Waals surface area contributed by atoms with Crippen LogP contribution in [0.5, 0.6) is 5.75 Å². The number of nitrogens with one attached hydrogen (secondary N) is 2. The second kappa shape index (κ2) is 7.03. The van der Waals surface area contributed by atoms with Gasteiger partial charge in [-0.05, 0) is 43.3 Å². The van der Waals surface area contributed by atoms with Crippen LogP contribution < -0.4 is 15.4 Å². The van der Waals surface area contributed by atoms with Crippen molar-refractivity contribution < 1.29 is 13.9 Å². The molecule has 25 heavy (non-hydrogen) atoms. The molecule has 3 rings (SSSR count). The Kier molecular flexibility index (Phi) is 4.81. The number of nitrogens with zero attached hydrogens (tertiary/aromatic N) is 1. The molecule has 1 aromatic heterocycles. The number of anilines is 2. The highest BCUT2D eigenvalue weighted by molar-refractivity contribution is 6.31. The predicted molar refractivity (Wildman–Crippen MR) is 98.5 cm³/mol. The fourth-order valence-corrected chi connectivity index (χ4v) is 2.64. The lowest BCUT2D eigenvalue weighted by Crippen LogP contribution is -2.32. The Hall–Kier alpha value is -2.73. The smallest absolute Gasteiger partial charge is 0.246 e. The molecule has 0 spiro atoms. The second-order valence-corrected chi connectivity index (χ2v) is 6.05. The molecule has 1 atom stereocenters. The first-order chi connectivity index (χ1) is 12.0. The minimum absolute atomic E-state index is 0.211. The van der Waals surface area contributed by atoms with Crippen LogP contribution in [0.3, 0.4) is 0 Å². The van der Waals surface area contributed by atoms with Gasteiger partial charge in [0.05, 0.1) is 12.8 Å². The van der Waals surface area contributed by atoms with E-state index in [4.69, 9.17) is 20.8 Å². The maximum atomic E-state index is 12.5. The normalized spacial score (nSPS) is 12.0. The SMILES string of the molecule is COc1ccc(Cl)cc1NC(=O)C(C)Nc1ccc2oc(C)nc2c1. The van der Waals surface area contributed by atoms with Crippen LogP contribution in [0.15, 0.2) is 40.8 Å². The van der Waals surface area contributed by atoms with Crippen molar-refractivity contribution in [3.8, 4) is 5.75 Å². The molecule has 6 nitrogen and oxygen atoms in total. The molecule has 0 aliphatic heterocycles. The highest BCUT2D eigenvalue weighted by atomic mass is 35.5. The quantitative estimate of drug-likeness (QED) is 0.712. The molecule has 1 unspecified atom stereocenters. The number of hydrogen-bond donors (Lipinski definition) is 2. The summed E-state index contributed by atoms with van der Waals surface area (Å²) in [6.45, 7) is 3.56. The van der Waals surface area contributed by atoms with Gasteiger partial charge < -0.3 is 19.8 Å². The van der Waals surface area contributed by atoms with Crippen LogP contribution in [-0.4, -0.2) is 24.0 Å². The van der Waals surface area contributed by atoms with E-state index < -0.39 is 6.04 Å². The Morgan fingerprint density at radius 1 is 1.28 bits per heavy atom. The van der Waals surface area contributed by atoms with Gasteiger partial charge in [-0.2, -0.15) is 0 Å². The number of benzene rings is 2. The number of halogens is 1. The molecule has 0 bridgehead atoms. The van der Waals surface area contributed by atoms with Crippen LogP contribution in [0.4, 0.5) is 11.4 Å². The summed E-state index contributed by atoms with van der Waals surface area (Å²) < 4.78 is 10.7. The van der Waals surface area contributed by atoms with Gasteiger partial charge in [0, 0.05) is 17.6 Å². The average Bonchev–Trinajstić information content (AvgIpc) is 2.94. The molecular weight excluding hydrogens is 342 g/mol. The van der Waals surface area contributed by atoms with E-state index in [2.05, 4.69) is 15.6 Å². The van der Waals surface area contributed by atoms with Gasteiger partial charge in [0.1, 0.15) is 17.3 Å². The van der Waals surface area contributed by atoms with Crippen LogP contribution >= 0.6 is 11.6 Å². The zero-order valence-electron chi connectivity index (χ0n) is 14.1. The standard InChI is InChI=1S/C18H18ClN3O3/c1-10(18(23)22-14-8-12(19)4-6-16(14)24-3)20-13-5-7-17-15(9-13)21-11(2)25-17/h4-10,20H,1-3H3,(H,22,23). The van der Waals surface area contributed by atoms with Gasteiger partial charge in [-0.3, -0.25) is 4.79 Å². The molecule has 0 saturated heterocycles. The largest absolute Gasteiger partial charge is 0.495 e. The highest BCUT2D eigenvalue weighted by Crippen LogP contribution is 2.28. The highest BCUT2D eigenvalue weighted by Gasteiger charge is 2.16. The summed E-state index contributed by atoms with van der Waals surface area (Å²) in [5.74, 6) is 0.937. The number of rotatable bonds is 5. The maximum Gasteiger partial charge on any atom is 0.246 e. The molecule has 0 radical (unpaired) electrons. The van der Waals surface area contributed by atoms with Gasteiger partial charge in [-0.1, -0.05) is 11.6 Å². The fraction of sp³-hybridized carbons (Fsp3) is 0.222. The zero-order valence-corrected chi connectivity index (χ0v) is 14.8. The van der Waals surface area contributed by atoms with E-state index in [1.807, 2.05) is 18.2 Å². The molecule has 1 amide bonds. The molecule has 1 heterocycles. The van der Waals surface area contributed by atoms with E-state index in [0.717, 1.165) is 11.2 Å². The number of fused-ring (bicyclic) bond motifs is 1. The van der Waals surface area contributed by atoms with E-state index in [1.165, 1.54) is 7.11 Å². The second-order valence-electron chi connectivity index (χ2n) is 5.62. The Morgan fingerprint density at radius 3 is 2.84 bits per heavy atom. The van der Waals surface area contributed by atoms with E-state index in [0.29, 0.717) is 27.9 Å². The minimum Gasteiger partial charge on any atom is -0.495 e. The van der Waals surface area contributed by atoms with Gasteiger partial charge in [0.25, 0.3) is 0 Å². The van der Waals surface area contributed by atoms with Crippen LogP contribution in [0.25, 0.3) is 11.1 Å². The van der Waals surface area contributed by atoms with E-state index in [9.17, 15) is 4.79 Å². The molecule has 0 aliphatic rings. The fourth-order valence-electron chi connectivity index (χ4n) is 2.47. The number of carbonyl (C=O) groups is 1. The van der Waals surface area contributed by atoms with Crippen molar-refractivity contribution in [3.63, 3.8) is 0 Å². The molecule has 0 aliphatic carbocycles. The first kappa shape index (κ1) is 17.1. The number of methoxy groups -OCH3 is 1. The molecular formula is C18H18ClN3O3. The van der Waals surface area contributed by atoms with Crippen molar-refractivity contribution in [2.75, 3.05) is 17.7 Å². The topological polar surface area (TPSA) is 76.4 Å². The summed E-state index contributed by atoms with van der Waals surface area (Å²) in [4.78, 5) is 16.7. The van der Waals surface area contributed by atoms with Crippen molar-refractivity contribution in [1.29, 1.82) is 0 Å². The summed E-state index contributed by atoms with van der Waals surface area (Å²) in [5, 5.41) is 6.48. The van der Waals surface area contributed by atoms with E-state index >= 15 is 0 Å². The Balaban J connectivity index is 1.72. The van der Waals surface area contributed by atoms with Gasteiger partial charge in [0.2, 0.25) is 5.91 Å². The van der Waals surface area contributed by atoms with Gasteiger partial charge in [-0.15, -0.1) is 0 Å². The summed E-state index contributed by atoms with van der Waals surface area (Å²) in [5.41, 5.74) is 2.76. The monoisotopic (exact) mass is 359 g/mol. The predicted octanol–water partition coefficient (Wildman–Crippen LogP) is 4.24. The van der Waals surface area contributed by atoms with Crippen LogP contribution in [0.1, 0.15) is 12.8 Å². The van der Waals surface area contributed by atoms with Gasteiger partial charge in [0.15, 0.2) is 11.5 Å². The molecule has 3 aromatic rings. The number of oxazole rings is 1. The van der Waals surface area contributed by atoms with Crippen molar-refractivity contribution in [2.45, 2.75) is 19.9 Å². The molecule has 0 saturated carbocycles. The van der Waals surface area contributed by atoms with Gasteiger partial charge >= 0.3 is 0 Å². The molecule has 130 valence electrons. The first-order valence-corrected chi connectivity index (χ1v) is 8.12. The summed E-state index contributed by atoms with van der Waals surface area (Å²) in [6.07, 6.45) is 0. The van der Waals surface area contributed by atoms with Crippen molar-refractivity contribution in [2.24, 2.45) is 0 Å². The average molecular weight is 360 g/mol. The lowest BCUT2D eigenvalue weighted by Gasteiger charge is -2.16. The lowest BCUT2D eigenvalue weighted by molar-refractivity contribution is -0.116. The number of aryl methyl sites for hydroxylation is 1. The van der Waals surface area contributed by atoms with Crippen LogP contribution in [-0.2, 0) is 4.79 Å². The summed E-state index contributed by atoms with van der Waals surface area (Å²) in [6, 6.07) is 10.1. The third-order valence-electron chi connectivity index (χ3n) is 3.69. The minimum atomic E-state index is -0.478. The molecule has 2 aromatic carbocycles. The van der Waals surface area contributed by atoms with Crippen LogP contribution in [0, 0.1) is 6.92 Å². The third kappa shape index (κ3) is 3.85. The number of aromatic nitrogens is 1. The number of ether oxygens (including phenoxy) is 1. The van der Waals surface area contributed by atoms with Crippen molar-refractivity contribution >= 4 is 40.0 Å². The Labute approximate surface area is 150 Å². The van der Waals surface area contributed by atoms with Crippen molar-refractivity contribution in [1.82, 2.24) is 4.98 Å². The molecule has 2 N–H and O–H groups in total. The van der Waals surface area contributed by atoms with Crippen LogP contribution in [0.2, 0.25) is 5.02 Å². The summed E-state index contributed by atoms with van der Waals surface area (Å²) in [7, 11) is 1.54. The number of hydrogen-bond acceptors (Lipinski definition) is 5. The van der Waals surface area contributed by atoms with Gasteiger partial charge in [-0.25, -0.2) is 4.98 Å². The Morgan fingerprint density at radius 2 is 2.08 bits per heavy atom. The summed E-state index contributed by atoms with van der Waals surface area (Å²) >= 11 is 5.99. The van der Waals surface area contributed by atoms with E-state index in [-0.39, 0.29) is 5.91 Å². The molecule has 0 fully saturated rings. The Bertz CT molecular complexity index is 923. The third-order valence-corrected chi connectivity index (χ3v) is 3.93. The molecule has 7 heteroatoms. The lowest BCUT2D eigenvalue weighted by atomic mass is 10.2. The van der Waals surface area contributed by atoms with Crippen molar-refractivity contribution in [3.05, 3.63) is 47.3 Å². The number of carbonyl (C=O) groups excluding carboxylic acids is 1. The van der Waals surface area contributed by atoms with E-state index in [1.54, 1.807) is 32.0 Å². The number of amides is 1. The zero-order chi connectivity index (χ0) is 18.0.